The van der Waals surface area contributed by atoms with Crippen LogP contribution in [-0.2, 0) is 0 Å². The lowest BCUT2D eigenvalue weighted by molar-refractivity contribution is 0.112. The zero-order valence-corrected chi connectivity index (χ0v) is 14.8. The highest BCUT2D eigenvalue weighted by molar-refractivity contribution is 5.79. The van der Waals surface area contributed by atoms with Crippen molar-refractivity contribution in [3.63, 3.8) is 0 Å². The molecule has 0 saturated heterocycles. The Morgan fingerprint density at radius 3 is 2.35 bits per heavy atom. The van der Waals surface area contributed by atoms with E-state index in [0.717, 1.165) is 30.6 Å². The molecule has 0 N–H and O–H groups in total. The lowest BCUT2D eigenvalue weighted by Crippen LogP contribution is -2.21. The van der Waals surface area contributed by atoms with E-state index in [1.807, 2.05) is 18.2 Å². The standard InChI is InChI=1S/C21H20N2O3/c1-3-23(4-2)17-10-12-18-20(13-17)26-21(25)19(22-18)11-9-15-5-7-16(14-24)8-6-15/h5-14H,3-4H2,1-2H3/b11-9+. The van der Waals surface area contributed by atoms with E-state index >= 15 is 0 Å². The Morgan fingerprint density at radius 2 is 1.69 bits per heavy atom. The van der Waals surface area contributed by atoms with Gasteiger partial charge in [0, 0.05) is 30.4 Å². The molecule has 0 atom stereocenters. The summed E-state index contributed by atoms with van der Waals surface area (Å²) >= 11 is 0. The molecule has 0 radical (unpaired) electrons. The Morgan fingerprint density at radius 1 is 1.00 bits per heavy atom. The van der Waals surface area contributed by atoms with Crippen molar-refractivity contribution in [1.82, 2.24) is 4.98 Å². The van der Waals surface area contributed by atoms with Crippen LogP contribution in [-0.4, -0.2) is 24.4 Å². The summed E-state index contributed by atoms with van der Waals surface area (Å²) < 4.78 is 5.46. The van der Waals surface area contributed by atoms with Crippen LogP contribution >= 0.6 is 0 Å². The quantitative estimate of drug-likeness (QED) is 0.630. The van der Waals surface area contributed by atoms with E-state index in [9.17, 15) is 9.59 Å². The van der Waals surface area contributed by atoms with E-state index in [1.54, 1.807) is 36.4 Å². The molecule has 0 amide bonds. The van der Waals surface area contributed by atoms with Crippen LogP contribution in [0.1, 0.15) is 35.5 Å². The van der Waals surface area contributed by atoms with Crippen molar-refractivity contribution < 1.29 is 9.21 Å². The molecule has 132 valence electrons. The number of carbonyl (C=O) groups excluding carboxylic acids is 1. The van der Waals surface area contributed by atoms with Gasteiger partial charge in [0.15, 0.2) is 5.58 Å². The Bertz CT molecular complexity index is 1000. The lowest BCUT2D eigenvalue weighted by atomic mass is 10.1. The van der Waals surface area contributed by atoms with Gasteiger partial charge >= 0.3 is 5.63 Å². The molecular formula is C21H20N2O3. The van der Waals surface area contributed by atoms with E-state index in [-0.39, 0.29) is 5.69 Å². The van der Waals surface area contributed by atoms with Crippen LogP contribution in [0.4, 0.5) is 5.69 Å². The predicted molar refractivity (Wildman–Crippen MR) is 105 cm³/mol. The van der Waals surface area contributed by atoms with Gasteiger partial charge in [-0.2, -0.15) is 0 Å². The number of aldehydes is 1. The van der Waals surface area contributed by atoms with Gasteiger partial charge in [-0.1, -0.05) is 30.3 Å². The zero-order valence-electron chi connectivity index (χ0n) is 14.8. The third-order valence-electron chi connectivity index (χ3n) is 4.23. The normalized spacial score (nSPS) is 11.2. The highest BCUT2D eigenvalue weighted by Crippen LogP contribution is 2.20. The molecule has 0 spiro atoms. The maximum atomic E-state index is 12.2. The summed E-state index contributed by atoms with van der Waals surface area (Å²) in [7, 11) is 0. The topological polar surface area (TPSA) is 63.4 Å². The van der Waals surface area contributed by atoms with Crippen molar-refractivity contribution in [3.05, 3.63) is 69.7 Å². The second-order valence-electron chi connectivity index (χ2n) is 5.83. The summed E-state index contributed by atoms with van der Waals surface area (Å²) in [6.45, 7) is 5.92. The van der Waals surface area contributed by atoms with Crippen molar-refractivity contribution in [1.29, 1.82) is 0 Å². The molecule has 0 saturated carbocycles. The maximum absolute atomic E-state index is 12.2. The average Bonchev–Trinajstić information content (AvgIpc) is 2.67. The fraction of sp³-hybridized carbons (Fsp3) is 0.190. The molecule has 1 aromatic heterocycles. The first-order chi connectivity index (χ1) is 12.6. The molecular weight excluding hydrogens is 328 g/mol. The second kappa shape index (κ2) is 7.78. The summed E-state index contributed by atoms with van der Waals surface area (Å²) in [5, 5.41) is 0. The minimum atomic E-state index is -0.477. The van der Waals surface area contributed by atoms with E-state index in [0.29, 0.717) is 16.7 Å². The van der Waals surface area contributed by atoms with Crippen LogP contribution in [0.25, 0.3) is 23.3 Å². The third-order valence-corrected chi connectivity index (χ3v) is 4.23. The van der Waals surface area contributed by atoms with Gasteiger partial charge in [-0.25, -0.2) is 9.78 Å². The molecule has 26 heavy (non-hydrogen) atoms. The van der Waals surface area contributed by atoms with Gasteiger partial charge in [-0.15, -0.1) is 0 Å². The third kappa shape index (κ3) is 3.72. The van der Waals surface area contributed by atoms with E-state index in [1.165, 1.54) is 0 Å². The van der Waals surface area contributed by atoms with E-state index in [4.69, 9.17) is 4.42 Å². The average molecular weight is 348 g/mol. The molecule has 0 fully saturated rings. The first kappa shape index (κ1) is 17.6. The summed E-state index contributed by atoms with van der Waals surface area (Å²) in [5.74, 6) is 0. The van der Waals surface area contributed by atoms with Gasteiger partial charge in [0.25, 0.3) is 0 Å². The predicted octanol–water partition coefficient (Wildman–Crippen LogP) is 4.02. The number of carbonyl (C=O) groups is 1. The van der Waals surface area contributed by atoms with Gasteiger partial charge in [-0.05, 0) is 37.6 Å². The van der Waals surface area contributed by atoms with Gasteiger partial charge in [0.05, 0.1) is 0 Å². The first-order valence-electron chi connectivity index (χ1n) is 8.57. The van der Waals surface area contributed by atoms with Crippen LogP contribution in [0.5, 0.6) is 0 Å². The summed E-state index contributed by atoms with van der Waals surface area (Å²) in [5.41, 5.74) is 3.36. The Balaban J connectivity index is 1.93. The molecule has 0 aliphatic heterocycles. The molecule has 5 heteroatoms. The molecule has 0 aliphatic carbocycles. The molecule has 3 aromatic rings. The summed E-state index contributed by atoms with van der Waals surface area (Å²) in [6.07, 6.45) is 4.18. The zero-order chi connectivity index (χ0) is 18.5. The fourth-order valence-corrected chi connectivity index (χ4v) is 2.76. The molecule has 2 aromatic carbocycles. The number of benzene rings is 2. The van der Waals surface area contributed by atoms with Crippen molar-refractivity contribution in [2.75, 3.05) is 18.0 Å². The molecule has 5 nitrogen and oxygen atoms in total. The van der Waals surface area contributed by atoms with Gasteiger partial charge in [0.2, 0.25) is 0 Å². The number of hydrogen-bond donors (Lipinski definition) is 0. The molecule has 0 bridgehead atoms. The van der Waals surface area contributed by atoms with Crippen LogP contribution < -0.4 is 10.5 Å². The van der Waals surface area contributed by atoms with Crippen LogP contribution in [0.15, 0.2) is 51.7 Å². The minimum Gasteiger partial charge on any atom is -0.419 e. The molecule has 0 aliphatic rings. The number of nitrogens with zero attached hydrogens (tertiary/aromatic N) is 2. The minimum absolute atomic E-state index is 0.243. The van der Waals surface area contributed by atoms with Gasteiger partial charge in [-0.3, -0.25) is 4.79 Å². The first-order valence-corrected chi connectivity index (χ1v) is 8.57. The number of hydrogen-bond acceptors (Lipinski definition) is 5. The Labute approximate surface area is 151 Å². The SMILES string of the molecule is CCN(CC)c1ccc2nc(/C=C/c3ccc(C=O)cc3)c(=O)oc2c1. The molecule has 0 unspecified atom stereocenters. The summed E-state index contributed by atoms with van der Waals surface area (Å²) in [4.78, 5) is 29.5. The van der Waals surface area contributed by atoms with Crippen molar-refractivity contribution in [2.24, 2.45) is 0 Å². The van der Waals surface area contributed by atoms with Crippen LogP contribution in [0.3, 0.4) is 0 Å². The summed E-state index contributed by atoms with van der Waals surface area (Å²) in [6, 6.07) is 12.7. The van der Waals surface area contributed by atoms with Gasteiger partial charge < -0.3 is 9.32 Å². The monoisotopic (exact) mass is 348 g/mol. The van der Waals surface area contributed by atoms with Crippen LogP contribution in [0, 0.1) is 0 Å². The Hall–Kier alpha value is -3.21. The molecule has 1 heterocycles. The Kier molecular flexibility index (Phi) is 5.27. The molecule has 3 rings (SSSR count). The number of aromatic nitrogens is 1. The maximum Gasteiger partial charge on any atom is 0.362 e. The number of fused-ring (bicyclic) bond motifs is 1. The fourth-order valence-electron chi connectivity index (χ4n) is 2.76. The number of anilines is 1. The van der Waals surface area contributed by atoms with E-state index < -0.39 is 5.63 Å². The smallest absolute Gasteiger partial charge is 0.362 e. The highest BCUT2D eigenvalue weighted by Gasteiger charge is 2.08. The lowest BCUT2D eigenvalue weighted by Gasteiger charge is -2.20. The number of rotatable bonds is 6. The van der Waals surface area contributed by atoms with Crippen LogP contribution in [0.2, 0.25) is 0 Å². The highest BCUT2D eigenvalue weighted by atomic mass is 16.4. The van der Waals surface area contributed by atoms with Gasteiger partial charge in [0.1, 0.15) is 17.5 Å². The van der Waals surface area contributed by atoms with Crippen molar-refractivity contribution >= 4 is 35.2 Å². The van der Waals surface area contributed by atoms with Crippen molar-refractivity contribution in [2.45, 2.75) is 13.8 Å². The largest absolute Gasteiger partial charge is 0.419 e. The van der Waals surface area contributed by atoms with E-state index in [2.05, 4.69) is 23.7 Å². The van der Waals surface area contributed by atoms with Crippen molar-refractivity contribution in [3.8, 4) is 0 Å². The second-order valence-corrected chi connectivity index (χ2v) is 5.83.